The molecule has 0 saturated heterocycles. The standard InChI is InChI=1S/C16H16N4O3S3/c1-6-11-13(25-12(6)15(22)23-4)19-8(3)20-14(11)26-16-18-7(2)9(24-16)5-10(17)21/h5H2,1-4H3,(H2,17,21). The first-order chi connectivity index (χ1) is 12.3. The van der Waals surface area contributed by atoms with E-state index in [0.29, 0.717) is 10.7 Å². The number of methoxy groups -OCH3 is 1. The Morgan fingerprint density at radius 3 is 2.54 bits per heavy atom. The van der Waals surface area contributed by atoms with E-state index >= 15 is 0 Å². The minimum absolute atomic E-state index is 0.173. The third-order valence-corrected chi connectivity index (χ3v) is 7.00. The lowest BCUT2D eigenvalue weighted by Crippen LogP contribution is -2.13. The van der Waals surface area contributed by atoms with Crippen molar-refractivity contribution in [3.8, 4) is 0 Å². The lowest BCUT2D eigenvalue weighted by Gasteiger charge is -2.03. The van der Waals surface area contributed by atoms with Crippen molar-refractivity contribution in [1.82, 2.24) is 15.0 Å². The molecule has 7 nitrogen and oxygen atoms in total. The average Bonchev–Trinajstić information content (AvgIpc) is 3.06. The molecule has 0 aromatic carbocycles. The van der Waals surface area contributed by atoms with E-state index in [4.69, 9.17) is 10.5 Å². The quantitative estimate of drug-likeness (QED) is 0.510. The fourth-order valence-electron chi connectivity index (χ4n) is 2.41. The first kappa shape index (κ1) is 18.7. The molecule has 0 aliphatic rings. The lowest BCUT2D eigenvalue weighted by atomic mass is 10.2. The van der Waals surface area contributed by atoms with E-state index < -0.39 is 0 Å². The summed E-state index contributed by atoms with van der Waals surface area (Å²) >= 11 is 4.12. The van der Waals surface area contributed by atoms with Gasteiger partial charge in [-0.15, -0.1) is 22.7 Å². The molecule has 136 valence electrons. The number of hydrogen-bond acceptors (Lipinski definition) is 9. The van der Waals surface area contributed by atoms with Gasteiger partial charge in [-0.25, -0.2) is 19.7 Å². The second kappa shape index (κ2) is 7.29. The van der Waals surface area contributed by atoms with Gasteiger partial charge in [0.15, 0.2) is 4.34 Å². The number of nitrogens with zero attached hydrogens (tertiary/aromatic N) is 3. The molecule has 3 rings (SSSR count). The summed E-state index contributed by atoms with van der Waals surface area (Å²) in [5.74, 6) is -0.152. The number of carbonyl (C=O) groups is 2. The summed E-state index contributed by atoms with van der Waals surface area (Å²) in [7, 11) is 1.36. The van der Waals surface area contributed by atoms with Crippen LogP contribution in [-0.4, -0.2) is 33.9 Å². The molecule has 0 atom stereocenters. The molecule has 3 heterocycles. The highest BCUT2D eigenvalue weighted by molar-refractivity contribution is 8.01. The van der Waals surface area contributed by atoms with Gasteiger partial charge in [0.05, 0.1) is 19.2 Å². The highest BCUT2D eigenvalue weighted by atomic mass is 32.2. The number of ether oxygens (including phenoxy) is 1. The van der Waals surface area contributed by atoms with E-state index in [9.17, 15) is 9.59 Å². The van der Waals surface area contributed by atoms with E-state index in [1.54, 1.807) is 0 Å². The van der Waals surface area contributed by atoms with Crippen LogP contribution in [-0.2, 0) is 16.0 Å². The molecule has 0 radical (unpaired) electrons. The molecular formula is C16H16N4O3S3. The molecule has 2 N–H and O–H groups in total. The second-order valence-electron chi connectivity index (χ2n) is 5.54. The zero-order valence-electron chi connectivity index (χ0n) is 14.6. The molecular weight excluding hydrogens is 392 g/mol. The number of rotatable bonds is 5. The first-order valence-corrected chi connectivity index (χ1v) is 10.0. The van der Waals surface area contributed by atoms with Crippen LogP contribution in [0.1, 0.15) is 31.6 Å². The third kappa shape index (κ3) is 3.57. The van der Waals surface area contributed by atoms with Crippen LogP contribution in [0, 0.1) is 20.8 Å². The Bertz CT molecular complexity index is 1030. The zero-order valence-corrected chi connectivity index (χ0v) is 17.0. The smallest absolute Gasteiger partial charge is 0.348 e. The van der Waals surface area contributed by atoms with Gasteiger partial charge in [-0.2, -0.15) is 0 Å². The van der Waals surface area contributed by atoms with Gasteiger partial charge >= 0.3 is 5.97 Å². The maximum Gasteiger partial charge on any atom is 0.348 e. The van der Waals surface area contributed by atoms with Crippen LogP contribution in [0.2, 0.25) is 0 Å². The summed E-state index contributed by atoms with van der Waals surface area (Å²) in [5, 5.41) is 1.56. The van der Waals surface area contributed by atoms with E-state index in [0.717, 1.165) is 35.7 Å². The molecule has 0 unspecified atom stereocenters. The Morgan fingerprint density at radius 1 is 1.15 bits per heavy atom. The van der Waals surface area contributed by atoms with Crippen molar-refractivity contribution in [2.75, 3.05) is 7.11 Å². The Labute approximate surface area is 162 Å². The molecule has 0 spiro atoms. The van der Waals surface area contributed by atoms with Crippen LogP contribution in [0.15, 0.2) is 9.37 Å². The number of aromatic nitrogens is 3. The van der Waals surface area contributed by atoms with E-state index in [1.807, 2.05) is 20.8 Å². The molecule has 3 aromatic rings. The summed E-state index contributed by atoms with van der Waals surface area (Å²) in [6.07, 6.45) is 0.173. The molecule has 0 aliphatic carbocycles. The number of primary amides is 1. The van der Waals surface area contributed by atoms with Crippen LogP contribution in [0.4, 0.5) is 0 Å². The van der Waals surface area contributed by atoms with Crippen molar-refractivity contribution in [3.63, 3.8) is 0 Å². The summed E-state index contributed by atoms with van der Waals surface area (Å²) < 4.78 is 5.62. The van der Waals surface area contributed by atoms with Crippen LogP contribution >= 0.6 is 34.4 Å². The summed E-state index contributed by atoms with van der Waals surface area (Å²) in [5.41, 5.74) is 6.87. The summed E-state index contributed by atoms with van der Waals surface area (Å²) in [6.45, 7) is 5.52. The van der Waals surface area contributed by atoms with Gasteiger partial charge in [0.1, 0.15) is 20.6 Å². The fourth-order valence-corrected chi connectivity index (χ4v) is 6.01. The van der Waals surface area contributed by atoms with Crippen LogP contribution < -0.4 is 5.73 Å². The number of aryl methyl sites for hydroxylation is 3. The summed E-state index contributed by atoms with van der Waals surface area (Å²) in [4.78, 5) is 38.8. The number of fused-ring (bicyclic) bond motifs is 1. The van der Waals surface area contributed by atoms with Gasteiger partial charge < -0.3 is 10.5 Å². The number of esters is 1. The second-order valence-corrected chi connectivity index (χ2v) is 8.86. The van der Waals surface area contributed by atoms with Gasteiger partial charge in [-0.1, -0.05) is 0 Å². The molecule has 0 saturated carbocycles. The van der Waals surface area contributed by atoms with Gasteiger partial charge in [-0.3, -0.25) is 4.79 Å². The molecule has 10 heteroatoms. The number of carbonyl (C=O) groups excluding carboxylic acids is 2. The van der Waals surface area contributed by atoms with Crippen LogP contribution in [0.25, 0.3) is 10.2 Å². The maximum atomic E-state index is 12.0. The van der Waals surface area contributed by atoms with Crippen molar-refractivity contribution >= 4 is 56.5 Å². The highest BCUT2D eigenvalue weighted by Crippen LogP contribution is 2.40. The molecule has 26 heavy (non-hydrogen) atoms. The third-order valence-electron chi connectivity index (χ3n) is 3.63. The van der Waals surface area contributed by atoms with E-state index in [-0.39, 0.29) is 18.3 Å². The predicted octanol–water partition coefficient (Wildman–Crippen LogP) is 3.04. The van der Waals surface area contributed by atoms with Gasteiger partial charge in [0.25, 0.3) is 0 Å². The maximum absolute atomic E-state index is 12.0. The number of thiophene rings is 1. The lowest BCUT2D eigenvalue weighted by molar-refractivity contribution is -0.117. The van der Waals surface area contributed by atoms with Crippen molar-refractivity contribution in [3.05, 3.63) is 26.8 Å². The van der Waals surface area contributed by atoms with E-state index in [2.05, 4.69) is 15.0 Å². The topological polar surface area (TPSA) is 108 Å². The minimum atomic E-state index is -0.384. The fraction of sp³-hybridized carbons (Fsp3) is 0.312. The van der Waals surface area contributed by atoms with Crippen molar-refractivity contribution in [2.24, 2.45) is 5.73 Å². The van der Waals surface area contributed by atoms with Crippen LogP contribution in [0.5, 0.6) is 0 Å². The number of amides is 1. The Morgan fingerprint density at radius 2 is 1.88 bits per heavy atom. The molecule has 0 bridgehead atoms. The molecule has 0 aliphatic heterocycles. The molecule has 3 aromatic heterocycles. The summed E-state index contributed by atoms with van der Waals surface area (Å²) in [6, 6.07) is 0. The largest absolute Gasteiger partial charge is 0.465 e. The van der Waals surface area contributed by atoms with Gasteiger partial charge in [0, 0.05) is 10.3 Å². The number of hydrogen-bond donors (Lipinski definition) is 1. The Kier molecular flexibility index (Phi) is 5.26. The number of nitrogens with two attached hydrogens (primary N) is 1. The Balaban J connectivity index is 2.06. The predicted molar refractivity (Wildman–Crippen MR) is 102 cm³/mol. The zero-order chi connectivity index (χ0) is 19.0. The van der Waals surface area contributed by atoms with Crippen molar-refractivity contribution in [1.29, 1.82) is 0 Å². The highest BCUT2D eigenvalue weighted by Gasteiger charge is 2.22. The van der Waals surface area contributed by atoms with E-state index in [1.165, 1.54) is 41.5 Å². The number of thiazole rings is 1. The average molecular weight is 409 g/mol. The van der Waals surface area contributed by atoms with Crippen LogP contribution in [0.3, 0.4) is 0 Å². The van der Waals surface area contributed by atoms with Crippen molar-refractivity contribution < 1.29 is 14.3 Å². The minimum Gasteiger partial charge on any atom is -0.465 e. The first-order valence-electron chi connectivity index (χ1n) is 7.58. The molecule has 0 fully saturated rings. The monoisotopic (exact) mass is 408 g/mol. The molecule has 1 amide bonds. The van der Waals surface area contributed by atoms with Crippen molar-refractivity contribution in [2.45, 2.75) is 36.6 Å². The van der Waals surface area contributed by atoms with Gasteiger partial charge in [0.2, 0.25) is 5.91 Å². The SMILES string of the molecule is COC(=O)c1sc2nc(C)nc(Sc3nc(C)c(CC(N)=O)s3)c2c1C. The normalized spacial score (nSPS) is 11.1. The Hall–Kier alpha value is -2.04. The van der Waals surface area contributed by atoms with Gasteiger partial charge in [-0.05, 0) is 38.1 Å².